The van der Waals surface area contributed by atoms with Gasteiger partial charge in [0.2, 0.25) is 0 Å². The molecule has 1 aromatic carbocycles. The van der Waals surface area contributed by atoms with E-state index in [0.29, 0.717) is 10.0 Å². The minimum absolute atomic E-state index is 0.252. The maximum Gasteiger partial charge on any atom is 0.0595 e. The molecule has 2 aromatic rings. The van der Waals surface area contributed by atoms with Crippen molar-refractivity contribution in [1.29, 1.82) is 0 Å². The van der Waals surface area contributed by atoms with E-state index in [1.165, 1.54) is 9.75 Å². The van der Waals surface area contributed by atoms with E-state index in [1.54, 1.807) is 0 Å². The van der Waals surface area contributed by atoms with Crippen LogP contribution in [0.3, 0.4) is 0 Å². The molecule has 0 aliphatic heterocycles. The Morgan fingerprint density at radius 1 is 1.11 bits per heavy atom. The molecule has 1 unspecified atom stereocenters. The lowest BCUT2D eigenvalue weighted by Crippen LogP contribution is -2.17. The highest BCUT2D eigenvalue weighted by atomic mass is 35.5. The van der Waals surface area contributed by atoms with Gasteiger partial charge in [-0.3, -0.25) is 0 Å². The zero-order valence-corrected chi connectivity index (χ0v) is 13.4. The van der Waals surface area contributed by atoms with Gasteiger partial charge in [0.15, 0.2) is 0 Å². The van der Waals surface area contributed by atoms with Crippen LogP contribution >= 0.6 is 34.5 Å². The van der Waals surface area contributed by atoms with Gasteiger partial charge in [-0.25, -0.2) is 0 Å². The predicted molar refractivity (Wildman–Crippen MR) is 85.4 cm³/mol. The molecule has 1 aromatic heterocycles. The molecule has 2 rings (SSSR count). The number of aryl methyl sites for hydroxylation is 1. The Labute approximate surface area is 128 Å². The molecule has 0 spiro atoms. The third-order valence-corrected chi connectivity index (χ3v) is 5.06. The monoisotopic (exact) mass is 313 g/mol. The van der Waals surface area contributed by atoms with Gasteiger partial charge in [-0.2, -0.15) is 0 Å². The van der Waals surface area contributed by atoms with Crippen LogP contribution < -0.4 is 5.32 Å². The Hall–Kier alpha value is -0.540. The van der Waals surface area contributed by atoms with Gasteiger partial charge in [0.1, 0.15) is 0 Å². The van der Waals surface area contributed by atoms with Gasteiger partial charge in [0.25, 0.3) is 0 Å². The van der Waals surface area contributed by atoms with E-state index >= 15 is 0 Å². The first-order valence-corrected chi connectivity index (χ1v) is 7.93. The fourth-order valence-corrected chi connectivity index (χ4v) is 3.08. The molecule has 0 saturated carbocycles. The summed E-state index contributed by atoms with van der Waals surface area (Å²) in [6, 6.07) is 10.4. The normalized spacial score (nSPS) is 12.6. The topological polar surface area (TPSA) is 12.0 Å². The first-order valence-electron chi connectivity index (χ1n) is 6.36. The molecule has 0 bridgehead atoms. The molecule has 0 aliphatic carbocycles. The number of hydrogen-bond donors (Lipinski definition) is 1. The van der Waals surface area contributed by atoms with E-state index in [2.05, 4.69) is 31.3 Å². The van der Waals surface area contributed by atoms with E-state index in [0.717, 1.165) is 18.5 Å². The van der Waals surface area contributed by atoms with Crippen LogP contribution in [0.15, 0.2) is 30.3 Å². The molecule has 1 nitrogen and oxygen atoms in total. The Kier molecular flexibility index (Phi) is 5.28. The minimum atomic E-state index is 0.252. The van der Waals surface area contributed by atoms with Crippen molar-refractivity contribution >= 4 is 34.5 Å². The number of hydrogen-bond acceptors (Lipinski definition) is 2. The zero-order valence-electron chi connectivity index (χ0n) is 11.0. The number of thiophene rings is 1. The van der Waals surface area contributed by atoms with Gasteiger partial charge in [0, 0.05) is 22.3 Å². The third-order valence-electron chi connectivity index (χ3n) is 3.09. The third kappa shape index (κ3) is 3.96. The lowest BCUT2D eigenvalue weighted by Gasteiger charge is -2.14. The van der Waals surface area contributed by atoms with Crippen LogP contribution in [0.5, 0.6) is 0 Å². The molecule has 1 N–H and O–H groups in total. The van der Waals surface area contributed by atoms with Crippen molar-refractivity contribution in [3.63, 3.8) is 0 Å². The molecule has 0 saturated heterocycles. The lowest BCUT2D eigenvalue weighted by atomic mass is 10.1. The van der Waals surface area contributed by atoms with Crippen molar-refractivity contribution in [2.75, 3.05) is 0 Å². The van der Waals surface area contributed by atoms with E-state index in [9.17, 15) is 0 Å². The van der Waals surface area contributed by atoms with Crippen molar-refractivity contribution < 1.29 is 0 Å². The van der Waals surface area contributed by atoms with Crippen molar-refractivity contribution in [3.05, 3.63) is 55.7 Å². The van der Waals surface area contributed by atoms with Crippen molar-refractivity contribution in [1.82, 2.24) is 5.32 Å². The summed E-state index contributed by atoms with van der Waals surface area (Å²) in [7, 11) is 0. The van der Waals surface area contributed by atoms with E-state index < -0.39 is 0 Å². The van der Waals surface area contributed by atoms with E-state index in [-0.39, 0.29) is 6.04 Å². The first kappa shape index (κ1) is 14.9. The van der Waals surface area contributed by atoms with Gasteiger partial charge in [0.05, 0.1) is 10.0 Å². The van der Waals surface area contributed by atoms with Crippen molar-refractivity contribution in [2.24, 2.45) is 0 Å². The van der Waals surface area contributed by atoms with Crippen LogP contribution in [0.2, 0.25) is 10.0 Å². The Morgan fingerprint density at radius 3 is 2.47 bits per heavy atom. The van der Waals surface area contributed by atoms with Gasteiger partial charge >= 0.3 is 0 Å². The Balaban J connectivity index is 1.96. The zero-order chi connectivity index (χ0) is 13.8. The summed E-state index contributed by atoms with van der Waals surface area (Å²) in [5.74, 6) is 0. The molecule has 0 amide bonds. The molecular weight excluding hydrogens is 297 g/mol. The molecule has 1 heterocycles. The number of rotatable bonds is 5. The quantitative estimate of drug-likeness (QED) is 0.772. The minimum Gasteiger partial charge on any atom is -0.305 e. The summed E-state index contributed by atoms with van der Waals surface area (Å²) in [6.45, 7) is 5.20. The Morgan fingerprint density at radius 2 is 1.84 bits per heavy atom. The van der Waals surface area contributed by atoms with Gasteiger partial charge < -0.3 is 5.32 Å². The van der Waals surface area contributed by atoms with Crippen LogP contribution in [0.1, 0.15) is 35.2 Å². The highest BCUT2D eigenvalue weighted by Crippen LogP contribution is 2.26. The first-order chi connectivity index (χ1) is 9.10. The second-order valence-electron chi connectivity index (χ2n) is 4.50. The van der Waals surface area contributed by atoms with Crippen LogP contribution in [-0.2, 0) is 13.0 Å². The van der Waals surface area contributed by atoms with Crippen LogP contribution in [0, 0.1) is 0 Å². The van der Waals surface area contributed by atoms with Crippen LogP contribution in [-0.4, -0.2) is 0 Å². The number of halogens is 2. The Bertz CT molecular complexity index is 551. The molecule has 0 aliphatic rings. The number of benzene rings is 1. The van der Waals surface area contributed by atoms with E-state index in [4.69, 9.17) is 23.2 Å². The van der Waals surface area contributed by atoms with E-state index in [1.807, 2.05) is 29.5 Å². The summed E-state index contributed by atoms with van der Waals surface area (Å²) >= 11 is 13.8. The molecule has 19 heavy (non-hydrogen) atoms. The SMILES string of the molecule is CCc1ccc(CNC(C)c2ccc(Cl)c(Cl)c2)s1. The van der Waals surface area contributed by atoms with Gasteiger partial charge in [-0.05, 0) is 43.2 Å². The average molecular weight is 314 g/mol. The molecule has 102 valence electrons. The highest BCUT2D eigenvalue weighted by Gasteiger charge is 2.08. The second-order valence-corrected chi connectivity index (χ2v) is 6.56. The van der Waals surface area contributed by atoms with Crippen LogP contribution in [0.4, 0.5) is 0 Å². The summed E-state index contributed by atoms with van der Waals surface area (Å²) in [5.41, 5.74) is 1.15. The maximum atomic E-state index is 6.04. The smallest absolute Gasteiger partial charge is 0.0595 e. The van der Waals surface area contributed by atoms with Gasteiger partial charge in [-0.15, -0.1) is 11.3 Å². The average Bonchev–Trinajstić information content (AvgIpc) is 2.87. The van der Waals surface area contributed by atoms with Crippen molar-refractivity contribution in [2.45, 2.75) is 32.9 Å². The molecule has 1 atom stereocenters. The predicted octanol–water partition coefficient (Wildman–Crippen LogP) is 5.47. The summed E-state index contributed by atoms with van der Waals surface area (Å²) in [4.78, 5) is 2.79. The highest BCUT2D eigenvalue weighted by molar-refractivity contribution is 7.11. The maximum absolute atomic E-state index is 6.04. The lowest BCUT2D eigenvalue weighted by molar-refractivity contribution is 0.579. The summed E-state index contributed by atoms with van der Waals surface area (Å²) in [5, 5.41) is 4.72. The molecular formula is C15H17Cl2NS. The van der Waals surface area contributed by atoms with Gasteiger partial charge in [-0.1, -0.05) is 36.2 Å². The molecule has 0 radical (unpaired) electrons. The summed E-state index contributed by atoms with van der Waals surface area (Å²) < 4.78 is 0. The summed E-state index contributed by atoms with van der Waals surface area (Å²) in [6.07, 6.45) is 1.10. The second kappa shape index (κ2) is 6.76. The fourth-order valence-electron chi connectivity index (χ4n) is 1.86. The fraction of sp³-hybridized carbons (Fsp3) is 0.333. The molecule has 4 heteroatoms. The number of nitrogens with one attached hydrogen (secondary N) is 1. The standard InChI is InChI=1S/C15H17Cl2NS/c1-3-12-5-6-13(19-12)9-18-10(2)11-4-7-14(16)15(17)8-11/h4-8,10,18H,3,9H2,1-2H3. The molecule has 0 fully saturated rings. The largest absolute Gasteiger partial charge is 0.305 e. The van der Waals surface area contributed by atoms with Crippen LogP contribution in [0.25, 0.3) is 0 Å². The van der Waals surface area contributed by atoms with Crippen molar-refractivity contribution in [3.8, 4) is 0 Å².